The largest absolute Gasteiger partial charge is 0.328 e. The zero-order valence-electron chi connectivity index (χ0n) is 12.3. The van der Waals surface area contributed by atoms with Crippen LogP contribution in [0.2, 0.25) is 0 Å². The molecule has 116 valence electrons. The molecule has 0 bridgehead atoms. The van der Waals surface area contributed by atoms with Gasteiger partial charge >= 0.3 is 0 Å². The highest BCUT2D eigenvalue weighted by atomic mass is 32.2. The van der Waals surface area contributed by atoms with Crippen molar-refractivity contribution in [2.45, 2.75) is 11.3 Å². The van der Waals surface area contributed by atoms with Gasteiger partial charge < -0.3 is 4.98 Å². The highest BCUT2D eigenvalue weighted by Crippen LogP contribution is 2.37. The average Bonchev–Trinajstić information content (AvgIpc) is 3.16. The van der Waals surface area contributed by atoms with Crippen LogP contribution in [0.4, 0.5) is 10.9 Å². The fourth-order valence-electron chi connectivity index (χ4n) is 2.21. The molecule has 0 saturated heterocycles. The van der Waals surface area contributed by atoms with Gasteiger partial charge in [-0.05, 0) is 18.1 Å². The van der Waals surface area contributed by atoms with Gasteiger partial charge in [-0.2, -0.15) is 10.5 Å². The van der Waals surface area contributed by atoms with E-state index >= 15 is 0 Å². The molecule has 1 aromatic carbocycles. The first kappa shape index (κ1) is 15.9. The summed E-state index contributed by atoms with van der Waals surface area (Å²) in [6.07, 6.45) is 0. The van der Waals surface area contributed by atoms with Gasteiger partial charge in [0.2, 0.25) is 0 Å². The van der Waals surface area contributed by atoms with E-state index in [0.29, 0.717) is 20.9 Å². The first-order valence-electron chi connectivity index (χ1n) is 6.70. The lowest BCUT2D eigenvalue weighted by Crippen LogP contribution is -1.85. The molecule has 0 amide bonds. The van der Waals surface area contributed by atoms with Crippen molar-refractivity contribution in [3.8, 4) is 23.3 Å². The Labute approximate surface area is 146 Å². The third kappa shape index (κ3) is 2.91. The number of azo groups is 1. The van der Waals surface area contributed by atoms with E-state index in [2.05, 4.69) is 44.1 Å². The predicted octanol–water partition coefficient (Wildman–Crippen LogP) is 4.29. The standard InChI is InChI=1S/C15H9N7S2/c1-8-4-2-3-5-9(8)12-10(6-16)11(7-17)18-13(12)19-20-14-21-22-15(23)24-14/h2-5,18H,1H3,(H,22,23)/b20-19+. The Balaban J connectivity index is 2.18. The SMILES string of the molecule is Cc1ccccc1-c1c(/N=N/c2nnc(S)s2)[nH]c(C#N)c1C#N. The second-order valence-corrected chi connectivity index (χ2v) is 6.39. The van der Waals surface area contributed by atoms with E-state index in [1.807, 2.05) is 37.3 Å². The molecule has 0 atom stereocenters. The zero-order chi connectivity index (χ0) is 17.1. The number of aryl methyl sites for hydroxylation is 1. The molecule has 24 heavy (non-hydrogen) atoms. The summed E-state index contributed by atoms with van der Waals surface area (Å²) in [6, 6.07) is 11.6. The molecule has 2 aromatic heterocycles. The Hall–Kier alpha value is -3.01. The highest BCUT2D eigenvalue weighted by Gasteiger charge is 2.20. The van der Waals surface area contributed by atoms with Crippen LogP contribution in [0.5, 0.6) is 0 Å². The lowest BCUT2D eigenvalue weighted by Gasteiger charge is -2.04. The number of aromatic nitrogens is 3. The van der Waals surface area contributed by atoms with Gasteiger partial charge in [-0.25, -0.2) is 0 Å². The van der Waals surface area contributed by atoms with Crippen LogP contribution in [0, 0.1) is 29.6 Å². The number of H-pyrrole nitrogens is 1. The number of thiol groups is 1. The van der Waals surface area contributed by atoms with Crippen LogP contribution in [0.25, 0.3) is 11.1 Å². The van der Waals surface area contributed by atoms with Crippen LogP contribution < -0.4 is 0 Å². The van der Waals surface area contributed by atoms with Crippen LogP contribution in [0.15, 0.2) is 38.8 Å². The maximum atomic E-state index is 9.46. The molecule has 0 saturated carbocycles. The summed E-state index contributed by atoms with van der Waals surface area (Å²) in [5.74, 6) is 0.327. The van der Waals surface area contributed by atoms with Gasteiger partial charge in [0.25, 0.3) is 5.13 Å². The molecule has 0 unspecified atom stereocenters. The fraction of sp³-hybridized carbons (Fsp3) is 0.0667. The molecule has 0 fully saturated rings. The van der Waals surface area contributed by atoms with Crippen molar-refractivity contribution in [3.05, 3.63) is 41.1 Å². The molecular weight excluding hydrogens is 342 g/mol. The van der Waals surface area contributed by atoms with E-state index in [0.717, 1.165) is 11.1 Å². The van der Waals surface area contributed by atoms with Crippen LogP contribution in [0.3, 0.4) is 0 Å². The third-order valence-corrected chi connectivity index (χ3v) is 4.23. The molecule has 0 aliphatic rings. The molecule has 0 spiro atoms. The zero-order valence-corrected chi connectivity index (χ0v) is 14.1. The molecule has 7 nitrogen and oxygen atoms in total. The minimum atomic E-state index is 0.150. The Morgan fingerprint density at radius 3 is 2.58 bits per heavy atom. The maximum absolute atomic E-state index is 9.46. The molecule has 0 aliphatic carbocycles. The number of aromatic amines is 1. The summed E-state index contributed by atoms with van der Waals surface area (Å²) < 4.78 is 0.477. The molecular formula is C15H9N7S2. The molecule has 0 radical (unpaired) electrons. The van der Waals surface area contributed by atoms with Crippen molar-refractivity contribution in [1.82, 2.24) is 15.2 Å². The van der Waals surface area contributed by atoms with Crippen molar-refractivity contribution >= 4 is 34.9 Å². The van der Waals surface area contributed by atoms with Gasteiger partial charge in [-0.15, -0.1) is 33.1 Å². The van der Waals surface area contributed by atoms with Gasteiger partial charge in [0, 0.05) is 5.56 Å². The maximum Gasteiger partial charge on any atom is 0.252 e. The number of rotatable bonds is 3. The number of nitrogens with zero attached hydrogens (tertiary/aromatic N) is 6. The van der Waals surface area contributed by atoms with E-state index in [4.69, 9.17) is 0 Å². The summed E-state index contributed by atoms with van der Waals surface area (Å²) in [4.78, 5) is 2.85. The van der Waals surface area contributed by atoms with Gasteiger partial charge in [-0.3, -0.25) is 0 Å². The second-order valence-electron chi connectivity index (χ2n) is 4.70. The number of nitriles is 2. The number of hydrogen-bond donors (Lipinski definition) is 2. The Kier molecular flexibility index (Phi) is 4.38. The Morgan fingerprint density at radius 1 is 1.17 bits per heavy atom. The predicted molar refractivity (Wildman–Crippen MR) is 91.7 cm³/mol. The van der Waals surface area contributed by atoms with E-state index in [-0.39, 0.29) is 11.3 Å². The smallest absolute Gasteiger partial charge is 0.252 e. The average molecular weight is 351 g/mol. The fourth-order valence-corrected chi connectivity index (χ4v) is 2.91. The van der Waals surface area contributed by atoms with Crippen LogP contribution in [0.1, 0.15) is 16.8 Å². The molecule has 9 heteroatoms. The molecule has 3 aromatic rings. The van der Waals surface area contributed by atoms with Gasteiger partial charge in [0.15, 0.2) is 10.2 Å². The summed E-state index contributed by atoms with van der Waals surface area (Å²) in [7, 11) is 0. The van der Waals surface area contributed by atoms with Gasteiger partial charge in [-0.1, -0.05) is 35.6 Å². The first-order chi connectivity index (χ1) is 11.6. The lowest BCUT2D eigenvalue weighted by molar-refractivity contribution is 0.995. The Bertz CT molecular complexity index is 1020. The van der Waals surface area contributed by atoms with Crippen LogP contribution in [-0.2, 0) is 0 Å². The second kappa shape index (κ2) is 6.62. The first-order valence-corrected chi connectivity index (χ1v) is 7.96. The molecule has 0 aliphatic heterocycles. The van der Waals surface area contributed by atoms with E-state index in [1.165, 1.54) is 11.3 Å². The quantitative estimate of drug-likeness (QED) is 0.541. The van der Waals surface area contributed by atoms with Crippen molar-refractivity contribution in [1.29, 1.82) is 10.5 Å². The minimum absolute atomic E-state index is 0.150. The summed E-state index contributed by atoms with van der Waals surface area (Å²) in [5.41, 5.74) is 2.71. The topological polar surface area (TPSA) is 114 Å². The lowest BCUT2D eigenvalue weighted by atomic mass is 9.98. The minimum Gasteiger partial charge on any atom is -0.328 e. The Morgan fingerprint density at radius 2 is 1.96 bits per heavy atom. The van der Waals surface area contributed by atoms with Crippen molar-refractivity contribution in [2.24, 2.45) is 10.2 Å². The molecule has 3 rings (SSSR count). The van der Waals surface area contributed by atoms with Crippen LogP contribution in [-0.4, -0.2) is 15.2 Å². The summed E-state index contributed by atoms with van der Waals surface area (Å²) >= 11 is 5.25. The highest BCUT2D eigenvalue weighted by molar-refractivity contribution is 7.82. The number of benzene rings is 1. The van der Waals surface area contributed by atoms with Crippen LogP contribution >= 0.6 is 24.0 Å². The van der Waals surface area contributed by atoms with Gasteiger partial charge in [0.05, 0.1) is 5.56 Å². The van der Waals surface area contributed by atoms with Crippen molar-refractivity contribution in [3.63, 3.8) is 0 Å². The van der Waals surface area contributed by atoms with E-state index in [9.17, 15) is 10.5 Å². The summed E-state index contributed by atoms with van der Waals surface area (Å²) in [6.45, 7) is 1.92. The normalized spacial score (nSPS) is 10.7. The summed E-state index contributed by atoms with van der Waals surface area (Å²) in [5, 5.41) is 34.7. The van der Waals surface area contributed by atoms with Gasteiger partial charge in [0.1, 0.15) is 17.8 Å². The molecule has 1 N–H and O–H groups in total. The van der Waals surface area contributed by atoms with Crippen molar-refractivity contribution < 1.29 is 0 Å². The third-order valence-electron chi connectivity index (χ3n) is 3.26. The monoisotopic (exact) mass is 351 g/mol. The van der Waals surface area contributed by atoms with E-state index < -0.39 is 0 Å². The molecule has 2 heterocycles. The van der Waals surface area contributed by atoms with E-state index in [1.54, 1.807) is 0 Å². The number of nitrogens with one attached hydrogen (secondary N) is 1. The van der Waals surface area contributed by atoms with Crippen molar-refractivity contribution in [2.75, 3.05) is 0 Å². The number of hydrogen-bond acceptors (Lipinski definition) is 8.